The van der Waals surface area contributed by atoms with Gasteiger partial charge in [-0.25, -0.2) is 8.78 Å². The van der Waals surface area contributed by atoms with Gasteiger partial charge >= 0.3 is 0 Å². The monoisotopic (exact) mass is 319 g/mol. The van der Waals surface area contributed by atoms with Gasteiger partial charge in [-0.15, -0.1) is 11.8 Å². The number of carbonyl (C=O) groups excluding carboxylic acids is 1. The highest BCUT2D eigenvalue weighted by atomic mass is 32.2. The molecular weight excluding hydrogens is 304 g/mol. The molecule has 0 bridgehead atoms. The minimum Gasteiger partial charge on any atom is -0.321 e. The summed E-state index contributed by atoms with van der Waals surface area (Å²) < 4.78 is 26.1. The molecule has 0 aromatic heterocycles. The van der Waals surface area contributed by atoms with E-state index in [2.05, 4.69) is 0 Å². The molecule has 2 aromatic rings. The lowest BCUT2D eigenvalue weighted by atomic mass is 10.1. The Kier molecular flexibility index (Phi) is 4.16. The highest BCUT2D eigenvalue weighted by molar-refractivity contribution is 8.01. The summed E-state index contributed by atoms with van der Waals surface area (Å²) >= 11 is 1.54. The van der Waals surface area contributed by atoms with Crippen molar-refractivity contribution in [3.63, 3.8) is 0 Å². The van der Waals surface area contributed by atoms with Gasteiger partial charge in [0.15, 0.2) is 0 Å². The van der Waals surface area contributed by atoms with Crippen LogP contribution in [0.2, 0.25) is 0 Å². The van der Waals surface area contributed by atoms with E-state index in [0.717, 1.165) is 11.1 Å². The number of carbonyl (C=O) groups is 1. The van der Waals surface area contributed by atoms with E-state index in [0.29, 0.717) is 6.54 Å². The Morgan fingerprint density at radius 1 is 1.00 bits per heavy atom. The van der Waals surface area contributed by atoms with E-state index >= 15 is 0 Å². The minimum atomic E-state index is -0.297. The molecule has 2 unspecified atom stereocenters. The standard InChI is InChI=1S/C17H15F2NOS/c1-11-16(21)20(10-12-2-6-14(18)7-3-12)17(22-11)13-4-8-15(19)9-5-13/h2-9,11,17H,10H2,1H3. The Morgan fingerprint density at radius 2 is 1.55 bits per heavy atom. The molecule has 2 atom stereocenters. The van der Waals surface area contributed by atoms with Crippen LogP contribution in [0.4, 0.5) is 8.78 Å². The van der Waals surface area contributed by atoms with Crippen molar-refractivity contribution in [3.05, 3.63) is 71.3 Å². The third kappa shape index (κ3) is 2.99. The largest absolute Gasteiger partial charge is 0.321 e. The molecule has 2 aromatic carbocycles. The van der Waals surface area contributed by atoms with Crippen LogP contribution in [0.25, 0.3) is 0 Å². The van der Waals surface area contributed by atoms with Crippen molar-refractivity contribution in [3.8, 4) is 0 Å². The number of rotatable bonds is 3. The lowest BCUT2D eigenvalue weighted by Crippen LogP contribution is -2.29. The fraction of sp³-hybridized carbons (Fsp3) is 0.235. The first kappa shape index (κ1) is 15.0. The van der Waals surface area contributed by atoms with Gasteiger partial charge in [-0.05, 0) is 42.3 Å². The predicted octanol–water partition coefficient (Wildman–Crippen LogP) is 4.13. The highest BCUT2D eigenvalue weighted by Gasteiger charge is 2.38. The topological polar surface area (TPSA) is 20.3 Å². The van der Waals surface area contributed by atoms with Crippen LogP contribution in [-0.4, -0.2) is 16.1 Å². The summed E-state index contributed by atoms with van der Waals surface area (Å²) in [5.41, 5.74) is 1.77. The second kappa shape index (κ2) is 6.08. The second-order valence-corrected chi connectivity index (χ2v) is 6.70. The predicted molar refractivity (Wildman–Crippen MR) is 83.1 cm³/mol. The van der Waals surface area contributed by atoms with Crippen LogP contribution >= 0.6 is 11.8 Å². The summed E-state index contributed by atoms with van der Waals surface area (Å²) in [6, 6.07) is 12.3. The number of thioether (sulfide) groups is 1. The van der Waals surface area contributed by atoms with Crippen LogP contribution in [-0.2, 0) is 11.3 Å². The fourth-order valence-electron chi connectivity index (χ4n) is 2.51. The van der Waals surface area contributed by atoms with Gasteiger partial charge in [-0.1, -0.05) is 24.3 Å². The molecular formula is C17H15F2NOS. The van der Waals surface area contributed by atoms with Crippen molar-refractivity contribution < 1.29 is 13.6 Å². The van der Waals surface area contributed by atoms with Gasteiger partial charge in [0.05, 0.1) is 5.25 Å². The number of hydrogen-bond donors (Lipinski definition) is 0. The molecule has 1 aliphatic heterocycles. The van der Waals surface area contributed by atoms with Crippen LogP contribution in [0.3, 0.4) is 0 Å². The number of benzene rings is 2. The summed E-state index contributed by atoms with van der Waals surface area (Å²) in [4.78, 5) is 14.1. The summed E-state index contributed by atoms with van der Waals surface area (Å²) in [6.45, 7) is 2.28. The molecule has 22 heavy (non-hydrogen) atoms. The zero-order chi connectivity index (χ0) is 15.7. The first-order valence-electron chi connectivity index (χ1n) is 7.00. The van der Waals surface area contributed by atoms with Crippen molar-refractivity contribution in [2.24, 2.45) is 0 Å². The zero-order valence-electron chi connectivity index (χ0n) is 12.0. The molecule has 1 saturated heterocycles. The number of halogens is 2. The van der Waals surface area contributed by atoms with Gasteiger partial charge < -0.3 is 4.90 Å². The van der Waals surface area contributed by atoms with Crippen molar-refractivity contribution in [2.75, 3.05) is 0 Å². The van der Waals surface area contributed by atoms with Crippen molar-refractivity contribution in [1.29, 1.82) is 0 Å². The summed E-state index contributed by atoms with van der Waals surface area (Å²) in [5.74, 6) is -0.547. The van der Waals surface area contributed by atoms with Gasteiger partial charge in [-0.3, -0.25) is 4.79 Å². The lowest BCUT2D eigenvalue weighted by molar-refractivity contribution is -0.130. The molecule has 114 valence electrons. The van der Waals surface area contributed by atoms with Crippen molar-refractivity contribution >= 4 is 17.7 Å². The Bertz CT molecular complexity index is 672. The summed E-state index contributed by atoms with van der Waals surface area (Å²) in [7, 11) is 0. The van der Waals surface area contributed by atoms with Crippen LogP contribution < -0.4 is 0 Å². The normalized spacial score (nSPS) is 21.4. The molecule has 0 aliphatic carbocycles. The molecule has 1 amide bonds. The number of amides is 1. The maximum Gasteiger partial charge on any atom is 0.236 e. The molecule has 0 spiro atoms. The lowest BCUT2D eigenvalue weighted by Gasteiger charge is -2.24. The average molecular weight is 319 g/mol. The van der Waals surface area contributed by atoms with Gasteiger partial charge in [0, 0.05) is 6.54 Å². The van der Waals surface area contributed by atoms with Gasteiger partial charge in [0.2, 0.25) is 5.91 Å². The molecule has 0 N–H and O–H groups in total. The minimum absolute atomic E-state index is 0.0450. The third-order valence-corrected chi connectivity index (χ3v) is 5.06. The van der Waals surface area contributed by atoms with Crippen LogP contribution in [0.15, 0.2) is 48.5 Å². The average Bonchev–Trinajstić information content (AvgIpc) is 2.79. The second-order valence-electron chi connectivity index (χ2n) is 5.27. The highest BCUT2D eigenvalue weighted by Crippen LogP contribution is 2.43. The Labute approximate surface area is 132 Å². The number of nitrogens with zero attached hydrogens (tertiary/aromatic N) is 1. The molecule has 2 nitrogen and oxygen atoms in total. The van der Waals surface area contributed by atoms with Crippen LogP contribution in [0.1, 0.15) is 23.4 Å². The Hall–Kier alpha value is -1.88. The van der Waals surface area contributed by atoms with E-state index in [-0.39, 0.29) is 28.2 Å². The van der Waals surface area contributed by atoms with Gasteiger partial charge in [-0.2, -0.15) is 0 Å². The first-order chi connectivity index (χ1) is 10.5. The van der Waals surface area contributed by atoms with Gasteiger partial charge in [0.25, 0.3) is 0 Å². The van der Waals surface area contributed by atoms with Crippen LogP contribution in [0, 0.1) is 11.6 Å². The summed E-state index contributed by atoms with van der Waals surface area (Å²) in [5, 5.41) is -0.288. The van der Waals surface area contributed by atoms with Crippen molar-refractivity contribution in [2.45, 2.75) is 24.1 Å². The SMILES string of the molecule is CC1SC(c2ccc(F)cc2)N(Cc2ccc(F)cc2)C1=O. The van der Waals surface area contributed by atoms with E-state index in [1.165, 1.54) is 24.3 Å². The zero-order valence-corrected chi connectivity index (χ0v) is 12.8. The fourth-order valence-corrected chi connectivity index (χ4v) is 3.79. The van der Waals surface area contributed by atoms with E-state index in [4.69, 9.17) is 0 Å². The van der Waals surface area contributed by atoms with Crippen LogP contribution in [0.5, 0.6) is 0 Å². The smallest absolute Gasteiger partial charge is 0.236 e. The molecule has 1 heterocycles. The molecule has 0 saturated carbocycles. The van der Waals surface area contributed by atoms with Gasteiger partial charge in [0.1, 0.15) is 17.0 Å². The third-order valence-electron chi connectivity index (χ3n) is 3.67. The van der Waals surface area contributed by atoms with E-state index in [1.54, 1.807) is 40.9 Å². The van der Waals surface area contributed by atoms with E-state index in [9.17, 15) is 13.6 Å². The van der Waals surface area contributed by atoms with E-state index in [1.807, 2.05) is 6.92 Å². The Balaban J connectivity index is 1.86. The molecule has 1 aliphatic rings. The molecule has 3 rings (SSSR count). The number of hydrogen-bond acceptors (Lipinski definition) is 2. The summed E-state index contributed by atoms with van der Waals surface area (Å²) in [6.07, 6.45) is 0. The maximum absolute atomic E-state index is 13.1. The maximum atomic E-state index is 13.1. The quantitative estimate of drug-likeness (QED) is 0.848. The molecule has 0 radical (unpaired) electrons. The first-order valence-corrected chi connectivity index (χ1v) is 7.95. The van der Waals surface area contributed by atoms with E-state index < -0.39 is 0 Å². The van der Waals surface area contributed by atoms with Crippen molar-refractivity contribution in [1.82, 2.24) is 4.90 Å². The molecule has 5 heteroatoms. The Morgan fingerprint density at radius 3 is 2.14 bits per heavy atom. The molecule has 1 fully saturated rings.